The minimum absolute atomic E-state index is 0.0754. The molecule has 1 aromatic carbocycles. The van der Waals surface area contributed by atoms with E-state index in [0.717, 1.165) is 17.7 Å². The van der Waals surface area contributed by atoms with Gasteiger partial charge in [0.05, 0.1) is 12.7 Å². The van der Waals surface area contributed by atoms with Crippen LogP contribution in [0.3, 0.4) is 0 Å². The summed E-state index contributed by atoms with van der Waals surface area (Å²) >= 11 is 0. The van der Waals surface area contributed by atoms with E-state index >= 15 is 0 Å². The van der Waals surface area contributed by atoms with Crippen molar-refractivity contribution < 1.29 is 14.6 Å². The Bertz CT molecular complexity index is 446. The first-order chi connectivity index (χ1) is 9.16. The lowest BCUT2D eigenvalue weighted by atomic mass is 10.1. The molecule has 0 saturated carbocycles. The highest BCUT2D eigenvalue weighted by atomic mass is 16.5. The summed E-state index contributed by atoms with van der Waals surface area (Å²) in [5, 5.41) is 15.0. The van der Waals surface area contributed by atoms with Crippen LogP contribution in [-0.2, 0) is 6.42 Å². The fourth-order valence-corrected chi connectivity index (χ4v) is 2.01. The number of carbonyl (C=O) groups is 1. The van der Waals surface area contributed by atoms with Gasteiger partial charge in [-0.1, -0.05) is 0 Å². The number of fused-ring (bicyclic) bond motifs is 1. The lowest BCUT2D eigenvalue weighted by Crippen LogP contribution is -2.34. The average molecular weight is 264 g/mol. The Hall–Kier alpha value is -1.59. The molecule has 0 spiro atoms. The predicted octanol–water partition coefficient (Wildman–Crippen LogP) is 0.322. The zero-order chi connectivity index (χ0) is 13.7. The monoisotopic (exact) mass is 264 g/mol. The van der Waals surface area contributed by atoms with Crippen LogP contribution in [0.4, 0.5) is 0 Å². The molecule has 104 valence electrons. The summed E-state index contributed by atoms with van der Waals surface area (Å²) in [6, 6.07) is 5.52. The smallest absolute Gasteiger partial charge is 0.251 e. The molecule has 2 rings (SSSR count). The summed E-state index contributed by atoms with van der Waals surface area (Å²) in [7, 11) is 0. The van der Waals surface area contributed by atoms with Crippen molar-refractivity contribution in [2.45, 2.75) is 19.4 Å². The number of hydrogen-bond donors (Lipinski definition) is 3. The van der Waals surface area contributed by atoms with E-state index in [1.54, 1.807) is 13.0 Å². The van der Waals surface area contributed by atoms with E-state index in [1.165, 1.54) is 0 Å². The molecule has 3 N–H and O–H groups in total. The van der Waals surface area contributed by atoms with Crippen molar-refractivity contribution in [2.75, 3.05) is 26.2 Å². The summed E-state index contributed by atoms with van der Waals surface area (Å²) in [5.74, 6) is 0.809. The number of ether oxygens (including phenoxy) is 1. The molecule has 5 heteroatoms. The lowest BCUT2D eigenvalue weighted by molar-refractivity contribution is 0.0953. The molecule has 1 unspecified atom stereocenters. The van der Waals surface area contributed by atoms with Gasteiger partial charge in [0.15, 0.2) is 0 Å². The SMILES string of the molecule is CC(O)CNCCNC(=O)c1ccc2c(c1)CCO2. The molecule has 1 atom stereocenters. The predicted molar refractivity (Wildman–Crippen MR) is 72.5 cm³/mol. The van der Waals surface area contributed by atoms with Crippen LogP contribution < -0.4 is 15.4 Å². The molecule has 1 heterocycles. The number of aliphatic hydroxyl groups excluding tert-OH is 1. The van der Waals surface area contributed by atoms with E-state index < -0.39 is 0 Å². The maximum Gasteiger partial charge on any atom is 0.251 e. The van der Waals surface area contributed by atoms with Gasteiger partial charge in [0.1, 0.15) is 5.75 Å². The maximum absolute atomic E-state index is 11.9. The van der Waals surface area contributed by atoms with E-state index in [0.29, 0.717) is 31.8 Å². The Kier molecular flexibility index (Phi) is 4.76. The van der Waals surface area contributed by atoms with Crippen LogP contribution in [0, 0.1) is 0 Å². The van der Waals surface area contributed by atoms with Crippen LogP contribution in [0.2, 0.25) is 0 Å². The number of carbonyl (C=O) groups excluding carboxylic acids is 1. The number of nitrogens with one attached hydrogen (secondary N) is 2. The van der Waals surface area contributed by atoms with Crippen molar-refractivity contribution in [1.82, 2.24) is 10.6 Å². The Morgan fingerprint density at radius 2 is 2.32 bits per heavy atom. The molecule has 1 aliphatic rings. The highest BCUT2D eigenvalue weighted by Crippen LogP contribution is 2.25. The molecular weight excluding hydrogens is 244 g/mol. The Morgan fingerprint density at radius 1 is 1.47 bits per heavy atom. The van der Waals surface area contributed by atoms with E-state index in [9.17, 15) is 4.79 Å². The fraction of sp³-hybridized carbons (Fsp3) is 0.500. The van der Waals surface area contributed by atoms with Gasteiger partial charge in [-0.2, -0.15) is 0 Å². The topological polar surface area (TPSA) is 70.6 Å². The van der Waals surface area contributed by atoms with Gasteiger partial charge < -0.3 is 20.5 Å². The van der Waals surface area contributed by atoms with E-state index in [2.05, 4.69) is 10.6 Å². The molecule has 0 aromatic heterocycles. The number of hydrogen-bond acceptors (Lipinski definition) is 4. The van der Waals surface area contributed by atoms with Crippen LogP contribution in [0.25, 0.3) is 0 Å². The maximum atomic E-state index is 11.9. The van der Waals surface area contributed by atoms with Crippen molar-refractivity contribution in [3.63, 3.8) is 0 Å². The summed E-state index contributed by atoms with van der Waals surface area (Å²) in [6.45, 7) is 4.14. The zero-order valence-corrected chi connectivity index (χ0v) is 11.1. The number of rotatable bonds is 6. The van der Waals surface area contributed by atoms with Gasteiger partial charge in [-0.05, 0) is 30.7 Å². The second-order valence-corrected chi connectivity index (χ2v) is 4.73. The molecule has 0 fully saturated rings. The largest absolute Gasteiger partial charge is 0.493 e. The van der Waals surface area contributed by atoms with Gasteiger partial charge in [0.25, 0.3) is 5.91 Å². The van der Waals surface area contributed by atoms with Gasteiger partial charge in [-0.25, -0.2) is 0 Å². The van der Waals surface area contributed by atoms with E-state index in [-0.39, 0.29) is 12.0 Å². The summed E-state index contributed by atoms with van der Waals surface area (Å²) in [6.07, 6.45) is 0.499. The van der Waals surface area contributed by atoms with Crippen LogP contribution in [0.15, 0.2) is 18.2 Å². The number of benzene rings is 1. The first kappa shape index (κ1) is 13.8. The molecule has 0 bridgehead atoms. The third kappa shape index (κ3) is 3.94. The number of amides is 1. The molecule has 1 aliphatic heterocycles. The van der Waals surface area contributed by atoms with Crippen molar-refractivity contribution in [3.8, 4) is 5.75 Å². The Labute approximate surface area is 113 Å². The lowest BCUT2D eigenvalue weighted by Gasteiger charge is -2.08. The highest BCUT2D eigenvalue weighted by Gasteiger charge is 2.14. The first-order valence-electron chi connectivity index (χ1n) is 6.59. The standard InChI is InChI=1S/C14H20N2O3/c1-10(17)9-15-5-6-16-14(18)12-2-3-13-11(8-12)4-7-19-13/h2-3,8,10,15,17H,4-7,9H2,1H3,(H,16,18). The minimum Gasteiger partial charge on any atom is -0.493 e. The van der Waals surface area contributed by atoms with Gasteiger partial charge in [0.2, 0.25) is 0 Å². The first-order valence-corrected chi connectivity index (χ1v) is 6.59. The van der Waals surface area contributed by atoms with Crippen molar-refractivity contribution in [3.05, 3.63) is 29.3 Å². The Morgan fingerprint density at radius 3 is 3.11 bits per heavy atom. The summed E-state index contributed by atoms with van der Waals surface area (Å²) in [4.78, 5) is 11.9. The zero-order valence-electron chi connectivity index (χ0n) is 11.1. The van der Waals surface area contributed by atoms with Gasteiger partial charge in [0, 0.05) is 31.6 Å². The van der Waals surface area contributed by atoms with Gasteiger partial charge in [-0.3, -0.25) is 4.79 Å². The fourth-order valence-electron chi connectivity index (χ4n) is 2.01. The third-order valence-corrected chi connectivity index (χ3v) is 2.98. The second kappa shape index (κ2) is 6.54. The van der Waals surface area contributed by atoms with Crippen LogP contribution in [-0.4, -0.2) is 43.4 Å². The normalized spacial score (nSPS) is 14.6. The summed E-state index contributed by atoms with van der Waals surface area (Å²) in [5.41, 5.74) is 1.76. The molecule has 1 amide bonds. The quantitative estimate of drug-likeness (QED) is 0.647. The molecule has 1 aromatic rings. The van der Waals surface area contributed by atoms with Crippen molar-refractivity contribution in [1.29, 1.82) is 0 Å². The molecule has 5 nitrogen and oxygen atoms in total. The average Bonchev–Trinajstić information content (AvgIpc) is 2.84. The van der Waals surface area contributed by atoms with E-state index in [4.69, 9.17) is 9.84 Å². The molecule has 0 radical (unpaired) electrons. The van der Waals surface area contributed by atoms with E-state index in [1.807, 2.05) is 12.1 Å². The molecular formula is C14H20N2O3. The molecule has 19 heavy (non-hydrogen) atoms. The van der Waals surface area contributed by atoms with Gasteiger partial charge in [-0.15, -0.1) is 0 Å². The van der Waals surface area contributed by atoms with Gasteiger partial charge >= 0.3 is 0 Å². The number of aliphatic hydroxyl groups is 1. The van der Waals surface area contributed by atoms with Crippen molar-refractivity contribution in [2.24, 2.45) is 0 Å². The van der Waals surface area contributed by atoms with Crippen LogP contribution in [0.1, 0.15) is 22.8 Å². The third-order valence-electron chi connectivity index (χ3n) is 2.98. The molecule has 0 saturated heterocycles. The Balaban J connectivity index is 1.77. The van der Waals surface area contributed by atoms with Crippen LogP contribution in [0.5, 0.6) is 5.75 Å². The van der Waals surface area contributed by atoms with Crippen LogP contribution >= 0.6 is 0 Å². The minimum atomic E-state index is -0.368. The molecule has 0 aliphatic carbocycles. The second-order valence-electron chi connectivity index (χ2n) is 4.73. The summed E-state index contributed by atoms with van der Waals surface area (Å²) < 4.78 is 5.40. The van der Waals surface area contributed by atoms with Crippen molar-refractivity contribution >= 4 is 5.91 Å². The highest BCUT2D eigenvalue weighted by molar-refractivity contribution is 5.94.